The number of benzene rings is 2. The SMILES string of the molecule is C#Cc1ccc2c(c1)CC1(CCN(c3cc(=O)n(-c4cccc(Cl)c4Cl)c(C)n3)CC1)[C@@H]2N. The molecule has 0 saturated carbocycles. The Bertz CT molecular complexity index is 1350. The number of halogens is 2. The van der Waals surface area contributed by atoms with Crippen LogP contribution in [0.3, 0.4) is 0 Å². The summed E-state index contributed by atoms with van der Waals surface area (Å²) in [6.07, 6.45) is 8.38. The first-order valence-corrected chi connectivity index (χ1v) is 11.7. The summed E-state index contributed by atoms with van der Waals surface area (Å²) in [5.74, 6) is 3.96. The van der Waals surface area contributed by atoms with Gasteiger partial charge in [0.25, 0.3) is 5.56 Å². The Kier molecular flexibility index (Phi) is 5.49. The number of nitrogens with two attached hydrogens (primary N) is 1. The number of rotatable bonds is 2. The number of piperidine rings is 1. The van der Waals surface area contributed by atoms with Crippen molar-refractivity contribution >= 4 is 29.0 Å². The maximum absolute atomic E-state index is 13.0. The third kappa shape index (κ3) is 3.63. The van der Waals surface area contributed by atoms with Crippen LogP contribution in [0.4, 0.5) is 5.82 Å². The molecule has 1 atom stereocenters. The second-order valence-corrected chi connectivity index (χ2v) is 9.76. The number of anilines is 1. The van der Waals surface area contributed by atoms with Crippen LogP contribution in [0.15, 0.2) is 47.3 Å². The van der Waals surface area contributed by atoms with E-state index < -0.39 is 0 Å². The van der Waals surface area contributed by atoms with E-state index in [1.807, 2.05) is 6.07 Å². The number of terminal acetylenes is 1. The summed E-state index contributed by atoms with van der Waals surface area (Å²) >= 11 is 12.5. The van der Waals surface area contributed by atoms with E-state index in [0.29, 0.717) is 27.4 Å². The highest BCUT2D eigenvalue weighted by atomic mass is 35.5. The van der Waals surface area contributed by atoms with Crippen LogP contribution in [0.25, 0.3) is 5.69 Å². The van der Waals surface area contributed by atoms with Crippen molar-refractivity contribution in [3.63, 3.8) is 0 Å². The molecule has 0 radical (unpaired) electrons. The lowest BCUT2D eigenvalue weighted by Crippen LogP contribution is -2.45. The van der Waals surface area contributed by atoms with Gasteiger partial charge in [-0.25, -0.2) is 4.98 Å². The normalized spacial score (nSPS) is 18.9. The van der Waals surface area contributed by atoms with E-state index in [4.69, 9.17) is 40.3 Å². The van der Waals surface area contributed by atoms with Gasteiger partial charge in [-0.15, -0.1) is 6.42 Å². The van der Waals surface area contributed by atoms with Gasteiger partial charge in [-0.1, -0.05) is 41.3 Å². The van der Waals surface area contributed by atoms with E-state index in [1.165, 1.54) is 15.7 Å². The average molecular weight is 479 g/mol. The second-order valence-electron chi connectivity index (χ2n) is 8.97. The molecule has 2 aliphatic rings. The minimum absolute atomic E-state index is 0.00542. The number of fused-ring (bicyclic) bond motifs is 1. The van der Waals surface area contributed by atoms with Crippen molar-refractivity contribution in [1.29, 1.82) is 0 Å². The standard InChI is InChI=1S/C26H24Cl2N4O/c1-3-17-7-8-19-18(13-17)15-26(25(19)29)9-11-31(12-10-26)22-14-23(33)32(16(2)30-22)21-6-4-5-20(27)24(21)28/h1,4-8,13-14,25H,9-12,15,29H2,2H3/t25-/m1/s1. The third-order valence-corrected chi connectivity index (χ3v) is 7.98. The minimum Gasteiger partial charge on any atom is -0.356 e. The van der Waals surface area contributed by atoms with E-state index in [9.17, 15) is 4.79 Å². The molecule has 168 valence electrons. The van der Waals surface area contributed by atoms with Crippen LogP contribution in [0.2, 0.25) is 10.0 Å². The van der Waals surface area contributed by atoms with Gasteiger partial charge >= 0.3 is 0 Å². The van der Waals surface area contributed by atoms with Gasteiger partial charge in [0.2, 0.25) is 0 Å². The van der Waals surface area contributed by atoms with Crippen molar-refractivity contribution in [3.8, 4) is 18.0 Å². The molecule has 1 aliphatic carbocycles. The Morgan fingerprint density at radius 1 is 1.18 bits per heavy atom. The van der Waals surface area contributed by atoms with Gasteiger partial charge in [0.15, 0.2) is 0 Å². The first kappa shape index (κ1) is 22.0. The summed E-state index contributed by atoms with van der Waals surface area (Å²) in [6.45, 7) is 3.38. The van der Waals surface area contributed by atoms with E-state index in [2.05, 4.69) is 23.0 Å². The zero-order valence-electron chi connectivity index (χ0n) is 18.3. The lowest BCUT2D eigenvalue weighted by Gasteiger charge is -2.42. The molecular formula is C26H24Cl2N4O. The van der Waals surface area contributed by atoms with Gasteiger partial charge in [0, 0.05) is 30.8 Å². The van der Waals surface area contributed by atoms with Crippen molar-refractivity contribution in [2.45, 2.75) is 32.2 Å². The molecule has 5 nitrogen and oxygen atoms in total. The molecule has 1 aromatic heterocycles. The van der Waals surface area contributed by atoms with Gasteiger partial charge < -0.3 is 10.6 Å². The number of nitrogens with zero attached hydrogens (tertiary/aromatic N) is 3. The highest BCUT2D eigenvalue weighted by molar-refractivity contribution is 6.43. The van der Waals surface area contributed by atoms with Crippen molar-refractivity contribution in [2.75, 3.05) is 18.0 Å². The molecule has 2 aromatic carbocycles. The molecule has 33 heavy (non-hydrogen) atoms. The predicted octanol–water partition coefficient (Wildman–Crippen LogP) is 4.67. The van der Waals surface area contributed by atoms with E-state index in [-0.39, 0.29) is 17.0 Å². The zero-order chi connectivity index (χ0) is 23.3. The quantitative estimate of drug-likeness (QED) is 0.543. The fourth-order valence-corrected chi connectivity index (χ4v) is 5.72. The summed E-state index contributed by atoms with van der Waals surface area (Å²) in [5, 5.41) is 0.732. The van der Waals surface area contributed by atoms with E-state index >= 15 is 0 Å². The van der Waals surface area contributed by atoms with Crippen LogP contribution in [-0.2, 0) is 6.42 Å². The number of aryl methyl sites for hydroxylation is 1. The Hall–Kier alpha value is -2.78. The summed E-state index contributed by atoms with van der Waals surface area (Å²) in [4.78, 5) is 19.9. The molecular weight excluding hydrogens is 455 g/mol. The van der Waals surface area contributed by atoms with Crippen LogP contribution in [0.5, 0.6) is 0 Å². The molecule has 5 rings (SSSR count). The van der Waals surface area contributed by atoms with Crippen molar-refractivity contribution < 1.29 is 0 Å². The molecule has 1 fully saturated rings. The lowest BCUT2D eigenvalue weighted by atomic mass is 9.73. The Balaban J connectivity index is 1.39. The maximum atomic E-state index is 13.0. The van der Waals surface area contributed by atoms with Gasteiger partial charge in [0.1, 0.15) is 11.6 Å². The minimum atomic E-state index is -0.186. The van der Waals surface area contributed by atoms with Gasteiger partial charge in [0.05, 0.1) is 15.7 Å². The van der Waals surface area contributed by atoms with Crippen LogP contribution in [0, 0.1) is 24.7 Å². The fraction of sp³-hybridized carbons (Fsp3) is 0.308. The van der Waals surface area contributed by atoms with Gasteiger partial charge in [-0.05, 0) is 67.0 Å². The van der Waals surface area contributed by atoms with E-state index in [1.54, 1.807) is 31.2 Å². The molecule has 0 unspecified atom stereocenters. The van der Waals surface area contributed by atoms with Crippen molar-refractivity contribution in [1.82, 2.24) is 9.55 Å². The molecule has 2 N–H and O–H groups in total. The second kappa shape index (κ2) is 8.22. The molecule has 3 aromatic rings. The van der Waals surface area contributed by atoms with Crippen LogP contribution >= 0.6 is 23.2 Å². The molecule has 1 aliphatic heterocycles. The largest absolute Gasteiger partial charge is 0.356 e. The summed E-state index contributed by atoms with van der Waals surface area (Å²) < 4.78 is 1.50. The fourth-order valence-electron chi connectivity index (χ4n) is 5.34. The summed E-state index contributed by atoms with van der Waals surface area (Å²) in [7, 11) is 0. The number of hydrogen-bond acceptors (Lipinski definition) is 4. The first-order valence-electron chi connectivity index (χ1n) is 11.0. The Labute approximate surface area is 203 Å². The molecule has 0 amide bonds. The van der Waals surface area contributed by atoms with Crippen molar-refractivity contribution in [3.05, 3.63) is 85.4 Å². The van der Waals surface area contributed by atoms with Gasteiger partial charge in [-0.3, -0.25) is 9.36 Å². The Morgan fingerprint density at radius 2 is 1.94 bits per heavy atom. The summed E-state index contributed by atoms with van der Waals surface area (Å²) in [5.41, 5.74) is 10.5. The monoisotopic (exact) mass is 478 g/mol. The molecule has 7 heteroatoms. The third-order valence-electron chi connectivity index (χ3n) is 7.18. The summed E-state index contributed by atoms with van der Waals surface area (Å²) in [6, 6.07) is 12.9. The van der Waals surface area contributed by atoms with Crippen molar-refractivity contribution in [2.24, 2.45) is 11.1 Å². The average Bonchev–Trinajstić information content (AvgIpc) is 3.07. The highest BCUT2D eigenvalue weighted by Gasteiger charge is 2.46. The predicted molar refractivity (Wildman–Crippen MR) is 133 cm³/mol. The topological polar surface area (TPSA) is 64.2 Å². The Morgan fingerprint density at radius 3 is 2.64 bits per heavy atom. The molecule has 1 saturated heterocycles. The molecule has 0 bridgehead atoms. The lowest BCUT2D eigenvalue weighted by molar-refractivity contribution is 0.187. The first-order chi connectivity index (χ1) is 15.8. The molecule has 1 spiro atoms. The van der Waals surface area contributed by atoms with Crippen LogP contribution in [0.1, 0.15) is 41.4 Å². The number of hydrogen-bond donors (Lipinski definition) is 1. The van der Waals surface area contributed by atoms with Crippen LogP contribution in [-0.4, -0.2) is 22.6 Å². The molecule has 2 heterocycles. The smallest absolute Gasteiger partial charge is 0.260 e. The zero-order valence-corrected chi connectivity index (χ0v) is 19.8. The van der Waals surface area contributed by atoms with E-state index in [0.717, 1.165) is 37.9 Å². The number of aromatic nitrogens is 2. The maximum Gasteiger partial charge on any atom is 0.260 e. The highest BCUT2D eigenvalue weighted by Crippen LogP contribution is 2.51. The van der Waals surface area contributed by atoms with Crippen LogP contribution < -0.4 is 16.2 Å². The van der Waals surface area contributed by atoms with Gasteiger partial charge in [-0.2, -0.15) is 0 Å².